The summed E-state index contributed by atoms with van der Waals surface area (Å²) in [7, 11) is 0. The van der Waals surface area contributed by atoms with Crippen molar-refractivity contribution < 1.29 is 28.6 Å². The number of aliphatic carboxylic acids is 1. The summed E-state index contributed by atoms with van der Waals surface area (Å²) in [6, 6.07) is 4.04. The second kappa shape index (κ2) is 10.9. The Kier molecular flexibility index (Phi) is 7.23. The highest BCUT2D eigenvalue weighted by molar-refractivity contribution is 7.11. The lowest BCUT2D eigenvalue weighted by Crippen LogP contribution is -2.77. The number of nitrogens with zero attached hydrogens (tertiary/aromatic N) is 5. The second-order valence-electron chi connectivity index (χ2n) is 13.1. The summed E-state index contributed by atoms with van der Waals surface area (Å²) in [4.78, 5) is 54.2. The van der Waals surface area contributed by atoms with E-state index in [0.29, 0.717) is 66.0 Å². The number of hydrogen-bond acceptors (Lipinski definition) is 9. The molecule has 0 spiro atoms. The van der Waals surface area contributed by atoms with Crippen molar-refractivity contribution in [3.63, 3.8) is 0 Å². The standard InChI is InChI=1S/C32H37FN6O5S/c1-4-44-29(42)24-23(35-26(27-34-8-11-45-27)36-25(24)21-6-5-7-22(33)18(21)2)14-37-9-10-38-20(12-37)13-39(30(38)43)32-15-31(16-32,17-32)19(3)28(40)41/h5-8,11,19-20,25H,4,9-10,12-17H2,1-3H3,(H,35,36)(H,40,41)/t19?,20-,25-,31?,32?/m0/s1. The summed E-state index contributed by atoms with van der Waals surface area (Å²) in [5, 5.41) is 15.4. The van der Waals surface area contributed by atoms with E-state index in [1.807, 2.05) is 15.2 Å². The Morgan fingerprint density at radius 1 is 1.24 bits per heavy atom. The minimum Gasteiger partial charge on any atom is -0.481 e. The van der Waals surface area contributed by atoms with Gasteiger partial charge in [0.2, 0.25) is 0 Å². The lowest BCUT2D eigenvalue weighted by atomic mass is 9.35. The molecule has 1 aromatic carbocycles. The van der Waals surface area contributed by atoms with Crippen LogP contribution in [0.4, 0.5) is 9.18 Å². The molecule has 13 heteroatoms. The second-order valence-corrected chi connectivity index (χ2v) is 14.0. The molecule has 238 valence electrons. The van der Waals surface area contributed by atoms with Crippen molar-refractivity contribution in [2.75, 3.05) is 39.3 Å². The van der Waals surface area contributed by atoms with Gasteiger partial charge in [0.15, 0.2) is 10.8 Å². The van der Waals surface area contributed by atoms with Gasteiger partial charge in [-0.2, -0.15) is 0 Å². The van der Waals surface area contributed by atoms with Gasteiger partial charge in [0.05, 0.1) is 24.1 Å². The van der Waals surface area contributed by atoms with Crippen molar-refractivity contribution in [2.45, 2.75) is 57.7 Å². The molecular formula is C32H37FN6O5S. The number of aliphatic imine (C=N–C) groups is 1. The number of ether oxygens (including phenoxy) is 1. The molecule has 3 atom stereocenters. The number of esters is 1. The van der Waals surface area contributed by atoms with E-state index in [1.165, 1.54) is 17.4 Å². The number of carbonyl (C=O) groups is 3. The number of hydrogen-bond donors (Lipinski definition) is 2. The van der Waals surface area contributed by atoms with Crippen LogP contribution >= 0.6 is 11.3 Å². The number of benzene rings is 1. The van der Waals surface area contributed by atoms with E-state index >= 15 is 0 Å². The number of nitrogens with one attached hydrogen (secondary N) is 1. The van der Waals surface area contributed by atoms with Crippen molar-refractivity contribution in [1.82, 2.24) is 25.0 Å². The van der Waals surface area contributed by atoms with Crippen molar-refractivity contribution >= 4 is 35.1 Å². The summed E-state index contributed by atoms with van der Waals surface area (Å²) >= 11 is 1.42. The fraction of sp³-hybridized carbons (Fsp3) is 0.531. The lowest BCUT2D eigenvalue weighted by Gasteiger charge is -2.74. The average Bonchev–Trinajstić information content (AvgIpc) is 3.61. The largest absolute Gasteiger partial charge is 0.481 e. The third kappa shape index (κ3) is 4.73. The highest BCUT2D eigenvalue weighted by atomic mass is 32.1. The maximum atomic E-state index is 14.8. The Morgan fingerprint density at radius 2 is 2.02 bits per heavy atom. The van der Waals surface area contributed by atoms with Crippen LogP contribution in [0.2, 0.25) is 0 Å². The van der Waals surface area contributed by atoms with Gasteiger partial charge >= 0.3 is 18.0 Å². The number of halogens is 1. The Labute approximate surface area is 264 Å². The van der Waals surface area contributed by atoms with Crippen LogP contribution in [-0.2, 0) is 14.3 Å². The minimum absolute atomic E-state index is 0.0169. The fourth-order valence-electron chi connectivity index (χ4n) is 8.12. The number of piperazine rings is 1. The minimum atomic E-state index is -0.787. The number of thiazole rings is 1. The van der Waals surface area contributed by atoms with E-state index in [2.05, 4.69) is 15.2 Å². The van der Waals surface area contributed by atoms with Crippen LogP contribution in [0.15, 0.2) is 46.0 Å². The molecule has 11 nitrogen and oxygen atoms in total. The third-order valence-electron chi connectivity index (χ3n) is 10.6. The van der Waals surface area contributed by atoms with Crippen LogP contribution < -0.4 is 5.32 Å². The van der Waals surface area contributed by atoms with Crippen LogP contribution in [0.5, 0.6) is 0 Å². The summed E-state index contributed by atoms with van der Waals surface area (Å²) in [5.41, 5.74) is 1.56. The molecule has 2 bridgehead atoms. The molecule has 3 saturated carbocycles. The predicted molar refractivity (Wildman–Crippen MR) is 164 cm³/mol. The molecule has 2 aromatic rings. The van der Waals surface area contributed by atoms with E-state index in [1.54, 1.807) is 39.1 Å². The zero-order chi connectivity index (χ0) is 31.7. The van der Waals surface area contributed by atoms with Crippen LogP contribution in [-0.4, -0.2) is 99.5 Å². The molecule has 4 heterocycles. The number of fused-ring (bicyclic) bond motifs is 1. The van der Waals surface area contributed by atoms with Gasteiger partial charge in [-0.25, -0.2) is 19.0 Å². The number of rotatable bonds is 9. The van der Waals surface area contributed by atoms with Gasteiger partial charge in [0.1, 0.15) is 11.9 Å². The van der Waals surface area contributed by atoms with E-state index in [4.69, 9.17) is 9.73 Å². The highest BCUT2D eigenvalue weighted by Gasteiger charge is 2.74. The van der Waals surface area contributed by atoms with Gasteiger partial charge in [0.25, 0.3) is 0 Å². The number of aromatic nitrogens is 1. The van der Waals surface area contributed by atoms with Crippen LogP contribution in [0.3, 0.4) is 0 Å². The van der Waals surface area contributed by atoms with Gasteiger partial charge in [-0.05, 0) is 55.7 Å². The predicted octanol–water partition coefficient (Wildman–Crippen LogP) is 3.56. The molecule has 1 unspecified atom stereocenters. The first-order valence-electron chi connectivity index (χ1n) is 15.5. The number of amides is 2. The van der Waals surface area contributed by atoms with Gasteiger partial charge in [0, 0.05) is 55.5 Å². The summed E-state index contributed by atoms with van der Waals surface area (Å²) in [6.45, 7) is 8.15. The smallest absolute Gasteiger partial charge is 0.338 e. The highest BCUT2D eigenvalue weighted by Crippen LogP contribution is 2.73. The number of carbonyl (C=O) groups excluding carboxylic acids is 2. The molecule has 6 aliphatic rings. The number of carboxylic acid groups (broad SMARTS) is 1. The van der Waals surface area contributed by atoms with Crippen LogP contribution in [0.25, 0.3) is 0 Å². The third-order valence-corrected chi connectivity index (χ3v) is 11.4. The maximum Gasteiger partial charge on any atom is 0.338 e. The summed E-state index contributed by atoms with van der Waals surface area (Å²) in [5.74, 6) is -1.55. The Balaban J connectivity index is 1.14. The molecule has 1 aromatic heterocycles. The molecule has 3 aliphatic heterocycles. The Morgan fingerprint density at radius 3 is 2.71 bits per heavy atom. The molecule has 8 rings (SSSR count). The van der Waals surface area contributed by atoms with E-state index in [0.717, 1.165) is 19.3 Å². The monoisotopic (exact) mass is 636 g/mol. The van der Waals surface area contributed by atoms with Gasteiger partial charge in [-0.1, -0.05) is 19.1 Å². The zero-order valence-corrected chi connectivity index (χ0v) is 26.4. The molecule has 2 amide bonds. The zero-order valence-electron chi connectivity index (χ0n) is 25.6. The molecule has 2 N–H and O–H groups in total. The SMILES string of the molecule is CCOC(=O)C1=C(CN2CCN3C(=O)N(C45CC(C(C)C(=O)O)(C4)C5)C[C@@H]3C2)NC(c2nccs2)=N[C@H]1c1cccc(F)c1C. The molecule has 45 heavy (non-hydrogen) atoms. The van der Waals surface area contributed by atoms with Crippen LogP contribution in [0.1, 0.15) is 55.3 Å². The Hall–Kier alpha value is -3.84. The average molecular weight is 637 g/mol. The topological polar surface area (TPSA) is 128 Å². The Bertz CT molecular complexity index is 1610. The first-order chi connectivity index (χ1) is 21.6. The number of urea groups is 1. The van der Waals surface area contributed by atoms with E-state index in [-0.39, 0.29) is 35.5 Å². The van der Waals surface area contributed by atoms with Crippen LogP contribution in [0, 0.1) is 24.1 Å². The number of amidine groups is 1. The van der Waals surface area contributed by atoms with Crippen molar-refractivity contribution in [3.8, 4) is 0 Å². The van der Waals surface area contributed by atoms with Crippen molar-refractivity contribution in [3.05, 3.63) is 63.0 Å². The normalized spacial score (nSPS) is 29.8. The summed E-state index contributed by atoms with van der Waals surface area (Å²) < 4.78 is 20.3. The van der Waals surface area contributed by atoms with Gasteiger partial charge in [-0.15, -0.1) is 11.3 Å². The van der Waals surface area contributed by atoms with E-state index < -0.39 is 23.9 Å². The molecular weight excluding hydrogens is 599 g/mol. The fourth-order valence-corrected chi connectivity index (χ4v) is 8.71. The quantitative estimate of drug-likeness (QED) is 0.400. The summed E-state index contributed by atoms with van der Waals surface area (Å²) in [6.07, 6.45) is 3.95. The molecule has 2 saturated heterocycles. The molecule has 5 fully saturated rings. The molecule has 0 radical (unpaired) electrons. The maximum absolute atomic E-state index is 14.8. The van der Waals surface area contributed by atoms with Crippen molar-refractivity contribution in [2.24, 2.45) is 16.3 Å². The van der Waals surface area contributed by atoms with Crippen molar-refractivity contribution in [1.29, 1.82) is 0 Å². The first-order valence-corrected chi connectivity index (χ1v) is 16.4. The molecule has 3 aliphatic carbocycles. The van der Waals surface area contributed by atoms with Gasteiger partial charge < -0.3 is 25.0 Å². The lowest BCUT2D eigenvalue weighted by molar-refractivity contribution is -0.230. The van der Waals surface area contributed by atoms with Gasteiger partial charge in [-0.3, -0.25) is 14.7 Å². The van der Waals surface area contributed by atoms with E-state index in [9.17, 15) is 23.9 Å². The number of carboxylic acids is 1. The first kappa shape index (κ1) is 29.8.